The molecule has 1 aliphatic heterocycles. The number of halogens is 1. The average Bonchev–Trinajstić information content (AvgIpc) is 2.33. The molecule has 1 saturated heterocycles. The monoisotopic (exact) mass is 221 g/mol. The zero-order chi connectivity index (χ0) is 8.27. The summed E-state index contributed by atoms with van der Waals surface area (Å²) in [6.07, 6.45) is 0.870. The van der Waals surface area contributed by atoms with Crippen molar-refractivity contribution in [2.75, 3.05) is 18.4 Å². The van der Waals surface area contributed by atoms with Crippen LogP contribution in [0.4, 0.5) is 4.79 Å². The van der Waals surface area contributed by atoms with E-state index >= 15 is 0 Å². The third kappa shape index (κ3) is 2.09. The topological polar surface area (TPSA) is 29.5 Å². The number of carbonyl (C=O) groups excluding carboxylic acids is 1. The van der Waals surface area contributed by atoms with Crippen LogP contribution in [0.1, 0.15) is 13.3 Å². The number of rotatable bonds is 3. The fourth-order valence-electron chi connectivity index (χ4n) is 1.11. The van der Waals surface area contributed by atoms with Gasteiger partial charge in [0.15, 0.2) is 0 Å². The highest BCUT2D eigenvalue weighted by atomic mass is 79.9. The summed E-state index contributed by atoms with van der Waals surface area (Å²) in [5.41, 5.74) is 0. The maximum atomic E-state index is 11.0. The van der Waals surface area contributed by atoms with Crippen molar-refractivity contribution in [3.63, 3.8) is 0 Å². The molecule has 0 radical (unpaired) electrons. The Hall–Kier alpha value is -0.250. The normalized spacial score (nSPS) is 24.0. The van der Waals surface area contributed by atoms with Crippen LogP contribution >= 0.6 is 15.9 Å². The van der Waals surface area contributed by atoms with Crippen LogP contribution in [0, 0.1) is 0 Å². The van der Waals surface area contributed by atoms with Gasteiger partial charge < -0.3 is 9.64 Å². The van der Waals surface area contributed by atoms with Crippen molar-refractivity contribution in [1.29, 1.82) is 0 Å². The predicted molar refractivity (Wildman–Crippen MR) is 45.9 cm³/mol. The lowest BCUT2D eigenvalue weighted by Crippen LogP contribution is -2.25. The molecule has 0 aliphatic carbocycles. The molecule has 11 heavy (non-hydrogen) atoms. The Labute approximate surface area is 74.8 Å². The molecule has 0 aromatic heterocycles. The summed E-state index contributed by atoms with van der Waals surface area (Å²) in [6, 6.07) is 0. The quantitative estimate of drug-likeness (QED) is 0.679. The number of amides is 1. The summed E-state index contributed by atoms with van der Waals surface area (Å²) >= 11 is 3.28. The lowest BCUT2D eigenvalue weighted by atomic mass is 10.4. The lowest BCUT2D eigenvalue weighted by Gasteiger charge is -2.09. The Kier molecular flexibility index (Phi) is 3.17. The van der Waals surface area contributed by atoms with Gasteiger partial charge in [0.25, 0.3) is 0 Å². The fraction of sp³-hybridized carbons (Fsp3) is 0.857. The van der Waals surface area contributed by atoms with Gasteiger partial charge in [-0.2, -0.15) is 0 Å². The molecule has 1 rings (SSSR count). The van der Waals surface area contributed by atoms with Gasteiger partial charge in [-0.05, 0) is 6.42 Å². The van der Waals surface area contributed by atoms with E-state index in [2.05, 4.69) is 22.9 Å². The first kappa shape index (κ1) is 8.84. The molecular formula is C7H12BrNO2. The first-order chi connectivity index (χ1) is 5.27. The van der Waals surface area contributed by atoms with Crippen molar-refractivity contribution >= 4 is 22.0 Å². The first-order valence-electron chi connectivity index (χ1n) is 3.79. The van der Waals surface area contributed by atoms with E-state index < -0.39 is 0 Å². The third-order valence-electron chi connectivity index (χ3n) is 1.62. The van der Waals surface area contributed by atoms with Gasteiger partial charge in [-0.25, -0.2) is 4.79 Å². The Bertz CT molecular complexity index is 151. The maximum absolute atomic E-state index is 11.0. The highest BCUT2D eigenvalue weighted by molar-refractivity contribution is 9.09. The third-order valence-corrected chi connectivity index (χ3v) is 2.34. The van der Waals surface area contributed by atoms with Crippen molar-refractivity contribution in [2.45, 2.75) is 19.4 Å². The van der Waals surface area contributed by atoms with Crippen LogP contribution in [0.5, 0.6) is 0 Å². The minimum absolute atomic E-state index is 0.0500. The molecule has 64 valence electrons. The van der Waals surface area contributed by atoms with Crippen LogP contribution in [-0.2, 0) is 4.74 Å². The van der Waals surface area contributed by atoms with Crippen molar-refractivity contribution in [3.05, 3.63) is 0 Å². The molecule has 1 unspecified atom stereocenters. The molecule has 0 aromatic carbocycles. The molecule has 0 aromatic rings. The molecule has 1 aliphatic rings. The van der Waals surface area contributed by atoms with Gasteiger partial charge in [-0.1, -0.05) is 22.9 Å². The van der Waals surface area contributed by atoms with E-state index in [1.54, 1.807) is 4.90 Å². The Morgan fingerprint density at radius 1 is 1.82 bits per heavy atom. The van der Waals surface area contributed by atoms with Crippen LogP contribution in [0.15, 0.2) is 0 Å². The summed E-state index contributed by atoms with van der Waals surface area (Å²) in [6.45, 7) is 3.59. The van der Waals surface area contributed by atoms with E-state index in [0.717, 1.165) is 24.8 Å². The van der Waals surface area contributed by atoms with E-state index in [1.807, 2.05) is 0 Å². The molecule has 0 saturated carbocycles. The molecule has 0 spiro atoms. The standard InChI is InChI=1S/C7H12BrNO2/c1-2-3-9-5-6(4-8)11-7(9)10/h6H,2-5H2,1H3. The molecule has 1 fully saturated rings. The van der Waals surface area contributed by atoms with Gasteiger partial charge in [0.05, 0.1) is 6.54 Å². The summed E-state index contributed by atoms with van der Waals surface area (Å²) < 4.78 is 5.02. The largest absolute Gasteiger partial charge is 0.443 e. The van der Waals surface area contributed by atoms with Crippen LogP contribution in [0.25, 0.3) is 0 Å². The zero-order valence-electron chi connectivity index (χ0n) is 6.55. The highest BCUT2D eigenvalue weighted by Crippen LogP contribution is 2.12. The van der Waals surface area contributed by atoms with Gasteiger partial charge in [0.2, 0.25) is 0 Å². The van der Waals surface area contributed by atoms with Crippen molar-refractivity contribution in [3.8, 4) is 0 Å². The fourth-order valence-corrected chi connectivity index (χ4v) is 1.44. The van der Waals surface area contributed by atoms with E-state index in [0.29, 0.717) is 0 Å². The molecule has 3 nitrogen and oxygen atoms in total. The Morgan fingerprint density at radius 3 is 3.00 bits per heavy atom. The summed E-state index contributed by atoms with van der Waals surface area (Å²) in [5, 5.41) is 0.735. The molecule has 1 amide bonds. The van der Waals surface area contributed by atoms with Crippen molar-refractivity contribution in [2.24, 2.45) is 0 Å². The second kappa shape index (κ2) is 3.95. The minimum atomic E-state index is -0.170. The second-order valence-corrected chi connectivity index (χ2v) is 3.25. The number of hydrogen-bond donors (Lipinski definition) is 0. The smallest absolute Gasteiger partial charge is 0.410 e. The first-order valence-corrected chi connectivity index (χ1v) is 4.91. The molecule has 0 bridgehead atoms. The van der Waals surface area contributed by atoms with E-state index in [1.165, 1.54) is 0 Å². The van der Waals surface area contributed by atoms with E-state index in [4.69, 9.17) is 4.74 Å². The number of hydrogen-bond acceptors (Lipinski definition) is 2. The van der Waals surface area contributed by atoms with Crippen molar-refractivity contribution in [1.82, 2.24) is 4.90 Å². The van der Waals surface area contributed by atoms with Gasteiger partial charge in [0.1, 0.15) is 6.10 Å². The summed E-state index contributed by atoms with van der Waals surface area (Å²) in [5.74, 6) is 0. The maximum Gasteiger partial charge on any atom is 0.410 e. The summed E-state index contributed by atoms with van der Waals surface area (Å²) in [7, 11) is 0. The lowest BCUT2D eigenvalue weighted by molar-refractivity contribution is 0.140. The molecule has 1 atom stereocenters. The van der Waals surface area contributed by atoms with Gasteiger partial charge >= 0.3 is 6.09 Å². The predicted octanol–water partition coefficient (Wildman–Crippen LogP) is 1.61. The number of nitrogens with zero attached hydrogens (tertiary/aromatic N) is 1. The molecular weight excluding hydrogens is 210 g/mol. The Balaban J connectivity index is 2.38. The van der Waals surface area contributed by atoms with Crippen LogP contribution in [-0.4, -0.2) is 35.5 Å². The average molecular weight is 222 g/mol. The number of alkyl halides is 1. The van der Waals surface area contributed by atoms with E-state index in [9.17, 15) is 4.79 Å². The SMILES string of the molecule is CCCN1CC(CBr)OC1=O. The number of ether oxygens (including phenoxy) is 1. The van der Waals surface area contributed by atoms with Gasteiger partial charge in [0, 0.05) is 11.9 Å². The minimum Gasteiger partial charge on any atom is -0.443 e. The summed E-state index contributed by atoms with van der Waals surface area (Å²) in [4.78, 5) is 12.8. The molecule has 1 heterocycles. The zero-order valence-corrected chi connectivity index (χ0v) is 8.13. The van der Waals surface area contributed by atoms with Gasteiger partial charge in [-0.15, -0.1) is 0 Å². The van der Waals surface area contributed by atoms with Crippen LogP contribution < -0.4 is 0 Å². The Morgan fingerprint density at radius 2 is 2.55 bits per heavy atom. The second-order valence-electron chi connectivity index (χ2n) is 2.61. The van der Waals surface area contributed by atoms with Crippen LogP contribution in [0.2, 0.25) is 0 Å². The molecule has 4 heteroatoms. The number of carbonyl (C=O) groups is 1. The van der Waals surface area contributed by atoms with E-state index in [-0.39, 0.29) is 12.2 Å². The van der Waals surface area contributed by atoms with Crippen molar-refractivity contribution < 1.29 is 9.53 Å². The molecule has 0 N–H and O–H groups in total. The van der Waals surface area contributed by atoms with Crippen LogP contribution in [0.3, 0.4) is 0 Å². The highest BCUT2D eigenvalue weighted by Gasteiger charge is 2.29. The number of cyclic esters (lactones) is 1. The van der Waals surface area contributed by atoms with Gasteiger partial charge in [-0.3, -0.25) is 0 Å².